The Balaban J connectivity index is 0.904. The molecule has 4 amide bonds. The number of nitrogens with one attached hydrogen (secondary N) is 1. The first-order valence-corrected chi connectivity index (χ1v) is 17.4. The van der Waals surface area contributed by atoms with Crippen molar-refractivity contribution in [2.24, 2.45) is 7.05 Å². The molecule has 8 rings (SSSR count). The normalized spacial score (nSPS) is 19.9. The van der Waals surface area contributed by atoms with Crippen LogP contribution in [0.4, 0.5) is 5.69 Å². The third kappa shape index (κ3) is 5.67. The van der Waals surface area contributed by atoms with Crippen LogP contribution in [-0.2, 0) is 23.2 Å². The summed E-state index contributed by atoms with van der Waals surface area (Å²) in [5.41, 5.74) is 4.08. The number of ether oxygens (including phenoxy) is 2. The third-order valence-corrected chi connectivity index (χ3v) is 10.8. The number of piperidine rings is 1. The van der Waals surface area contributed by atoms with Gasteiger partial charge < -0.3 is 18.9 Å². The Morgan fingerprint density at radius 1 is 0.846 bits per heavy atom. The SMILES string of the molecule is COc1cc(-c2cn(C)c(=O)c3cnccc23)cc(OC)c1CN1CC(N2CCN(c3ccc4c(c3)C(=O)N(C3CCC(=O)NC3=O)C4=O)CC2)C1. The summed E-state index contributed by atoms with van der Waals surface area (Å²) in [6.07, 6.45) is 5.34. The maximum atomic E-state index is 13.3. The summed E-state index contributed by atoms with van der Waals surface area (Å²) in [5.74, 6) is -0.563. The van der Waals surface area contributed by atoms with E-state index in [-0.39, 0.29) is 24.0 Å². The molecule has 1 N–H and O–H groups in total. The van der Waals surface area contributed by atoms with E-state index in [9.17, 15) is 24.0 Å². The number of hydrogen-bond donors (Lipinski definition) is 1. The van der Waals surface area contributed by atoms with Crippen LogP contribution in [0.25, 0.3) is 21.9 Å². The lowest BCUT2D eigenvalue weighted by Gasteiger charge is -2.48. The van der Waals surface area contributed by atoms with Crippen molar-refractivity contribution < 1.29 is 28.7 Å². The Hall–Kier alpha value is -5.60. The van der Waals surface area contributed by atoms with Gasteiger partial charge in [0.2, 0.25) is 11.8 Å². The van der Waals surface area contributed by atoms with Gasteiger partial charge in [0.1, 0.15) is 17.5 Å². The van der Waals surface area contributed by atoms with Crippen LogP contribution in [0.5, 0.6) is 11.5 Å². The minimum Gasteiger partial charge on any atom is -0.496 e. The molecule has 52 heavy (non-hydrogen) atoms. The summed E-state index contributed by atoms with van der Waals surface area (Å²) in [4.78, 5) is 75.5. The molecule has 6 heterocycles. The molecule has 14 heteroatoms. The van der Waals surface area contributed by atoms with Crippen molar-refractivity contribution >= 4 is 40.1 Å². The Labute approximate surface area is 299 Å². The Bertz CT molecular complexity index is 2180. The van der Waals surface area contributed by atoms with Crippen molar-refractivity contribution in [3.05, 3.63) is 82.0 Å². The lowest BCUT2D eigenvalue weighted by Crippen LogP contribution is -2.62. The molecular formula is C38H39N7O7. The minimum absolute atomic E-state index is 0.0867. The molecule has 1 unspecified atom stereocenters. The average molecular weight is 706 g/mol. The molecule has 0 saturated carbocycles. The molecule has 4 aliphatic rings. The van der Waals surface area contributed by atoms with Gasteiger partial charge in [0.15, 0.2) is 0 Å². The molecule has 3 saturated heterocycles. The number of carbonyl (C=O) groups is 4. The molecule has 268 valence electrons. The van der Waals surface area contributed by atoms with E-state index in [1.165, 1.54) is 0 Å². The molecule has 2 aromatic heterocycles. The topological polar surface area (TPSA) is 147 Å². The highest BCUT2D eigenvalue weighted by atomic mass is 16.5. The molecular weight excluding hydrogens is 666 g/mol. The molecule has 0 aliphatic carbocycles. The van der Waals surface area contributed by atoms with Gasteiger partial charge in [-0.15, -0.1) is 0 Å². The number of fused-ring (bicyclic) bond motifs is 2. The third-order valence-electron chi connectivity index (χ3n) is 10.8. The van der Waals surface area contributed by atoms with Gasteiger partial charge in [-0.05, 0) is 53.8 Å². The fraction of sp³-hybridized carbons (Fsp3) is 0.368. The molecule has 0 bridgehead atoms. The van der Waals surface area contributed by atoms with Gasteiger partial charge in [0.25, 0.3) is 17.4 Å². The number of aromatic nitrogens is 2. The van der Waals surface area contributed by atoms with Crippen molar-refractivity contribution in [2.75, 3.05) is 58.4 Å². The van der Waals surface area contributed by atoms with Gasteiger partial charge in [0, 0.05) is 95.2 Å². The van der Waals surface area contributed by atoms with E-state index >= 15 is 0 Å². The van der Waals surface area contributed by atoms with E-state index in [0.717, 1.165) is 83.4 Å². The zero-order valence-corrected chi connectivity index (χ0v) is 29.3. The number of anilines is 1. The van der Waals surface area contributed by atoms with Crippen molar-refractivity contribution in [1.82, 2.24) is 29.6 Å². The first-order valence-electron chi connectivity index (χ1n) is 17.4. The fourth-order valence-corrected chi connectivity index (χ4v) is 7.96. The fourth-order valence-electron chi connectivity index (χ4n) is 7.96. The number of hydrogen-bond acceptors (Lipinski definition) is 11. The van der Waals surface area contributed by atoms with Gasteiger partial charge >= 0.3 is 0 Å². The van der Waals surface area contributed by atoms with Crippen molar-refractivity contribution in [2.45, 2.75) is 31.5 Å². The van der Waals surface area contributed by atoms with Crippen LogP contribution in [0.1, 0.15) is 39.1 Å². The van der Waals surface area contributed by atoms with Crippen LogP contribution < -0.4 is 25.2 Å². The molecule has 2 aromatic carbocycles. The van der Waals surface area contributed by atoms with E-state index in [4.69, 9.17) is 9.47 Å². The predicted molar refractivity (Wildman–Crippen MR) is 191 cm³/mol. The van der Waals surface area contributed by atoms with E-state index < -0.39 is 29.7 Å². The summed E-state index contributed by atoms with van der Waals surface area (Å²) in [6.45, 7) is 5.72. The Kier molecular flexibility index (Phi) is 8.50. The van der Waals surface area contributed by atoms with Gasteiger partial charge in [-0.3, -0.25) is 49.0 Å². The number of rotatable bonds is 8. The maximum Gasteiger partial charge on any atom is 0.262 e. The number of pyridine rings is 2. The molecule has 4 aliphatic heterocycles. The summed E-state index contributed by atoms with van der Waals surface area (Å²) in [5, 5.41) is 3.61. The maximum absolute atomic E-state index is 13.3. The first-order chi connectivity index (χ1) is 25.1. The molecule has 4 aromatic rings. The second-order valence-electron chi connectivity index (χ2n) is 13.8. The largest absolute Gasteiger partial charge is 0.496 e. The van der Waals surface area contributed by atoms with Gasteiger partial charge in [-0.1, -0.05) is 0 Å². The molecule has 0 radical (unpaired) electrons. The monoisotopic (exact) mass is 705 g/mol. The van der Waals surface area contributed by atoms with E-state index in [2.05, 4.69) is 25.0 Å². The highest BCUT2D eigenvalue weighted by Gasteiger charge is 2.45. The zero-order chi connectivity index (χ0) is 36.3. The van der Waals surface area contributed by atoms with E-state index in [1.54, 1.807) is 50.4 Å². The van der Waals surface area contributed by atoms with Crippen LogP contribution >= 0.6 is 0 Å². The van der Waals surface area contributed by atoms with Gasteiger partial charge in [-0.25, -0.2) is 0 Å². The van der Waals surface area contributed by atoms with E-state index in [1.807, 2.05) is 30.5 Å². The Morgan fingerprint density at radius 2 is 1.56 bits per heavy atom. The number of piperazine rings is 1. The van der Waals surface area contributed by atoms with Crippen LogP contribution in [0.2, 0.25) is 0 Å². The number of benzene rings is 2. The lowest BCUT2D eigenvalue weighted by molar-refractivity contribution is -0.136. The van der Waals surface area contributed by atoms with Crippen LogP contribution in [0.3, 0.4) is 0 Å². The lowest BCUT2D eigenvalue weighted by atomic mass is 9.98. The standard InChI is InChI=1S/C38H39N7O7/c1-41-20-29(25-8-9-39-17-28(25)36(41)48)22-14-32(51-2)30(33(15-22)52-3)21-42-18-24(19-42)44-12-10-43(11-13-44)23-4-5-26-27(16-23)38(50)45(37(26)49)31-6-7-34(46)40-35(31)47/h4-5,8-9,14-17,20,24,31H,6-7,10-13,18-19,21H2,1-3H3,(H,40,46,47). The molecule has 14 nitrogen and oxygen atoms in total. The van der Waals surface area contributed by atoms with Crippen molar-refractivity contribution in [3.63, 3.8) is 0 Å². The summed E-state index contributed by atoms with van der Waals surface area (Å²) >= 11 is 0. The highest BCUT2D eigenvalue weighted by Crippen LogP contribution is 2.39. The number of amides is 4. The van der Waals surface area contributed by atoms with E-state index in [0.29, 0.717) is 23.5 Å². The predicted octanol–water partition coefficient (Wildman–Crippen LogP) is 2.03. The Morgan fingerprint density at radius 3 is 2.25 bits per heavy atom. The van der Waals surface area contributed by atoms with Gasteiger partial charge in [0.05, 0.1) is 36.3 Å². The van der Waals surface area contributed by atoms with Crippen molar-refractivity contribution in [1.29, 1.82) is 0 Å². The smallest absolute Gasteiger partial charge is 0.262 e. The zero-order valence-electron chi connectivity index (χ0n) is 29.3. The first kappa shape index (κ1) is 33.5. The number of carbonyl (C=O) groups excluding carboxylic acids is 4. The summed E-state index contributed by atoms with van der Waals surface area (Å²) in [6, 6.07) is 10.6. The van der Waals surface area contributed by atoms with Crippen LogP contribution in [-0.4, -0.2) is 113 Å². The average Bonchev–Trinajstić information content (AvgIpc) is 3.39. The second-order valence-corrected chi connectivity index (χ2v) is 13.8. The molecule has 3 fully saturated rings. The molecule has 0 spiro atoms. The summed E-state index contributed by atoms with van der Waals surface area (Å²) < 4.78 is 13.4. The number of aryl methyl sites for hydroxylation is 1. The number of nitrogens with zero attached hydrogens (tertiary/aromatic N) is 6. The van der Waals surface area contributed by atoms with Crippen molar-refractivity contribution in [3.8, 4) is 22.6 Å². The molecule has 1 atom stereocenters. The second kappa shape index (κ2) is 13.2. The number of likely N-dealkylation sites (tertiary alicyclic amines) is 1. The van der Waals surface area contributed by atoms with Crippen LogP contribution in [0, 0.1) is 0 Å². The number of imide groups is 2. The quantitative estimate of drug-likeness (QED) is 0.269. The van der Waals surface area contributed by atoms with Crippen LogP contribution in [0.15, 0.2) is 59.8 Å². The highest BCUT2D eigenvalue weighted by molar-refractivity contribution is 6.23. The summed E-state index contributed by atoms with van der Waals surface area (Å²) in [7, 11) is 5.05. The van der Waals surface area contributed by atoms with Gasteiger partial charge in [-0.2, -0.15) is 0 Å². The number of methoxy groups -OCH3 is 2. The minimum atomic E-state index is -0.980.